The Morgan fingerprint density at radius 3 is 2.54 bits per heavy atom. The Hall–Kier alpha value is -0.990. The van der Waals surface area contributed by atoms with Crippen molar-refractivity contribution in [2.75, 3.05) is 6.54 Å². The molecule has 0 aromatic heterocycles. The zero-order valence-corrected chi connectivity index (χ0v) is 8.33. The highest BCUT2D eigenvalue weighted by Crippen LogP contribution is 2.05. The molecule has 1 N–H and O–H groups in total. The smallest absolute Gasteiger partial charge is 0.273 e. The summed E-state index contributed by atoms with van der Waals surface area (Å²) < 4.78 is 0. The van der Waals surface area contributed by atoms with Crippen molar-refractivity contribution in [1.29, 1.82) is 0 Å². The summed E-state index contributed by atoms with van der Waals surface area (Å²) in [7, 11) is 0. The summed E-state index contributed by atoms with van der Waals surface area (Å²) in [5, 5.41) is 2.98. The molecule has 13 heavy (non-hydrogen) atoms. The van der Waals surface area contributed by atoms with Gasteiger partial charge in [0.15, 0.2) is 0 Å². The quantitative estimate of drug-likeness (QED) is 0.509. The zero-order valence-electron chi connectivity index (χ0n) is 8.33. The van der Waals surface area contributed by atoms with Gasteiger partial charge in [-0.05, 0) is 18.9 Å². The standard InChI is InChI=1S/C9H16N2O2/c1-4-10-8(5-7(2)3)9(13)11-6-12/h7-8,10H,4-5H2,1-3H3/t8-/m0/s1. The fourth-order valence-corrected chi connectivity index (χ4v) is 1.11. The number of nitrogens with zero attached hydrogens (tertiary/aromatic N) is 1. The number of aliphatic imine (C=N–C) groups is 1. The van der Waals surface area contributed by atoms with E-state index < -0.39 is 5.91 Å². The van der Waals surface area contributed by atoms with Crippen LogP contribution in [0.2, 0.25) is 0 Å². The minimum Gasteiger partial charge on any atom is -0.306 e. The highest BCUT2D eigenvalue weighted by molar-refractivity contribution is 5.86. The highest BCUT2D eigenvalue weighted by Gasteiger charge is 2.17. The Morgan fingerprint density at radius 2 is 2.15 bits per heavy atom. The molecule has 4 heteroatoms. The molecule has 74 valence electrons. The average Bonchev–Trinajstić information content (AvgIpc) is 2.03. The molecule has 0 rings (SSSR count). The fraction of sp³-hybridized carbons (Fsp3) is 0.778. The van der Waals surface area contributed by atoms with Gasteiger partial charge in [-0.15, -0.1) is 4.99 Å². The SMILES string of the molecule is CCN[C@@H](CC(C)C)C(=O)N=C=O. The van der Waals surface area contributed by atoms with Crippen molar-refractivity contribution in [2.45, 2.75) is 33.2 Å². The van der Waals surface area contributed by atoms with Crippen LogP contribution in [0.15, 0.2) is 4.99 Å². The van der Waals surface area contributed by atoms with E-state index >= 15 is 0 Å². The normalized spacial score (nSPS) is 12.3. The molecule has 0 bridgehead atoms. The van der Waals surface area contributed by atoms with Crippen LogP contribution in [0.1, 0.15) is 27.2 Å². The van der Waals surface area contributed by atoms with E-state index in [4.69, 9.17) is 0 Å². The van der Waals surface area contributed by atoms with Gasteiger partial charge in [0.1, 0.15) is 0 Å². The number of carbonyl (C=O) groups is 1. The summed E-state index contributed by atoms with van der Waals surface area (Å²) in [4.78, 5) is 24.1. The predicted octanol–water partition coefficient (Wildman–Crippen LogP) is 0.873. The van der Waals surface area contributed by atoms with Gasteiger partial charge in [-0.1, -0.05) is 20.8 Å². The third-order valence-electron chi connectivity index (χ3n) is 1.61. The number of nitrogens with one attached hydrogen (secondary N) is 1. The van der Waals surface area contributed by atoms with Crippen molar-refractivity contribution in [3.8, 4) is 0 Å². The molecule has 1 amide bonds. The van der Waals surface area contributed by atoms with E-state index in [-0.39, 0.29) is 6.04 Å². The minimum absolute atomic E-state index is 0.341. The van der Waals surface area contributed by atoms with E-state index in [1.54, 1.807) is 0 Å². The molecule has 1 atom stereocenters. The third-order valence-corrected chi connectivity index (χ3v) is 1.61. The van der Waals surface area contributed by atoms with Gasteiger partial charge in [0.25, 0.3) is 5.91 Å². The Bertz CT molecular complexity index is 208. The Morgan fingerprint density at radius 1 is 1.54 bits per heavy atom. The zero-order chi connectivity index (χ0) is 10.3. The van der Waals surface area contributed by atoms with Gasteiger partial charge in [-0.2, -0.15) is 0 Å². The van der Waals surface area contributed by atoms with Gasteiger partial charge >= 0.3 is 0 Å². The molecule has 0 aliphatic carbocycles. The Kier molecular flexibility index (Phi) is 6.02. The first-order valence-corrected chi connectivity index (χ1v) is 4.46. The molecule has 0 radical (unpaired) electrons. The van der Waals surface area contributed by atoms with Gasteiger partial charge in [-0.25, -0.2) is 4.79 Å². The molecule has 0 aromatic rings. The van der Waals surface area contributed by atoms with Crippen LogP contribution in [0.4, 0.5) is 0 Å². The predicted molar refractivity (Wildman–Crippen MR) is 50.0 cm³/mol. The topological polar surface area (TPSA) is 58.5 Å². The van der Waals surface area contributed by atoms with E-state index in [1.807, 2.05) is 20.8 Å². The number of hydrogen-bond donors (Lipinski definition) is 1. The molecule has 0 aliphatic heterocycles. The summed E-state index contributed by atoms with van der Waals surface area (Å²) >= 11 is 0. The van der Waals surface area contributed by atoms with Crippen molar-refractivity contribution in [2.24, 2.45) is 10.9 Å². The first-order valence-electron chi connectivity index (χ1n) is 4.46. The van der Waals surface area contributed by atoms with Gasteiger partial charge in [0, 0.05) is 0 Å². The second-order valence-electron chi connectivity index (χ2n) is 3.28. The second kappa shape index (κ2) is 6.52. The van der Waals surface area contributed by atoms with E-state index in [1.165, 1.54) is 6.08 Å². The molecule has 0 aliphatic rings. The largest absolute Gasteiger partial charge is 0.306 e. The van der Waals surface area contributed by atoms with Crippen molar-refractivity contribution in [1.82, 2.24) is 5.32 Å². The van der Waals surface area contributed by atoms with Gasteiger partial charge in [0.2, 0.25) is 6.08 Å². The van der Waals surface area contributed by atoms with E-state index in [2.05, 4.69) is 10.3 Å². The second-order valence-corrected chi connectivity index (χ2v) is 3.28. The Balaban J connectivity index is 4.22. The number of rotatable bonds is 5. The van der Waals surface area contributed by atoms with Crippen molar-refractivity contribution in [3.05, 3.63) is 0 Å². The lowest BCUT2D eigenvalue weighted by atomic mass is 10.0. The first-order chi connectivity index (χ1) is 6.11. The van der Waals surface area contributed by atoms with Crippen LogP contribution >= 0.6 is 0 Å². The lowest BCUT2D eigenvalue weighted by Crippen LogP contribution is -2.36. The molecule has 4 nitrogen and oxygen atoms in total. The first kappa shape index (κ1) is 12.0. The summed E-state index contributed by atoms with van der Waals surface area (Å²) in [5.74, 6) is -0.0274. The van der Waals surface area contributed by atoms with Crippen LogP contribution in [-0.4, -0.2) is 24.6 Å². The van der Waals surface area contributed by atoms with Crippen LogP contribution in [-0.2, 0) is 9.59 Å². The van der Waals surface area contributed by atoms with Crippen LogP contribution in [0.5, 0.6) is 0 Å². The maximum atomic E-state index is 11.2. The maximum absolute atomic E-state index is 11.2. The van der Waals surface area contributed by atoms with Crippen LogP contribution < -0.4 is 5.32 Å². The molecule has 0 saturated carbocycles. The Labute approximate surface area is 78.4 Å². The molecule has 0 unspecified atom stereocenters. The van der Waals surface area contributed by atoms with E-state index in [9.17, 15) is 9.59 Å². The van der Waals surface area contributed by atoms with Crippen LogP contribution in [0, 0.1) is 5.92 Å². The van der Waals surface area contributed by atoms with Crippen LogP contribution in [0.3, 0.4) is 0 Å². The number of hydrogen-bond acceptors (Lipinski definition) is 3. The van der Waals surface area contributed by atoms with Gasteiger partial charge < -0.3 is 5.32 Å². The van der Waals surface area contributed by atoms with Crippen molar-refractivity contribution >= 4 is 12.0 Å². The lowest BCUT2D eigenvalue weighted by Gasteiger charge is -2.15. The number of isocyanates is 1. The monoisotopic (exact) mass is 184 g/mol. The van der Waals surface area contributed by atoms with E-state index in [0.717, 1.165) is 0 Å². The molecular formula is C9H16N2O2. The molecule has 0 saturated heterocycles. The minimum atomic E-state index is -0.425. The maximum Gasteiger partial charge on any atom is 0.273 e. The van der Waals surface area contributed by atoms with Crippen molar-refractivity contribution in [3.63, 3.8) is 0 Å². The number of carbonyl (C=O) groups excluding carboxylic acids is 2. The summed E-state index contributed by atoms with van der Waals surface area (Å²) in [6.07, 6.45) is 1.96. The van der Waals surface area contributed by atoms with Gasteiger partial charge in [-0.3, -0.25) is 4.79 Å². The van der Waals surface area contributed by atoms with Crippen molar-refractivity contribution < 1.29 is 9.59 Å². The van der Waals surface area contributed by atoms with Gasteiger partial charge in [0.05, 0.1) is 6.04 Å². The summed E-state index contributed by atoms with van der Waals surface area (Å²) in [5.41, 5.74) is 0. The summed E-state index contributed by atoms with van der Waals surface area (Å²) in [6, 6.07) is -0.341. The molecule has 0 spiro atoms. The lowest BCUT2D eigenvalue weighted by molar-refractivity contribution is -0.120. The van der Waals surface area contributed by atoms with Crippen LogP contribution in [0.25, 0.3) is 0 Å². The third kappa shape index (κ3) is 5.28. The summed E-state index contributed by atoms with van der Waals surface area (Å²) in [6.45, 7) is 6.63. The molecule has 0 heterocycles. The number of amides is 1. The highest BCUT2D eigenvalue weighted by atomic mass is 16.2. The number of likely N-dealkylation sites (N-methyl/N-ethyl adjacent to an activating group) is 1. The fourth-order valence-electron chi connectivity index (χ4n) is 1.11. The van der Waals surface area contributed by atoms with E-state index in [0.29, 0.717) is 18.9 Å². The molecule has 0 fully saturated rings. The molecule has 0 aromatic carbocycles. The average molecular weight is 184 g/mol. The molecular weight excluding hydrogens is 168 g/mol.